The van der Waals surface area contributed by atoms with E-state index in [9.17, 15) is 0 Å². The van der Waals surface area contributed by atoms with Crippen LogP contribution in [0.15, 0.2) is 65.0 Å². The quantitative estimate of drug-likeness (QED) is 0.459. The molecule has 0 spiro atoms. The molecule has 1 aliphatic rings. The van der Waals surface area contributed by atoms with E-state index in [-0.39, 0.29) is 17.0 Å². The predicted molar refractivity (Wildman–Crippen MR) is 127 cm³/mol. The molecule has 0 aliphatic carbocycles. The summed E-state index contributed by atoms with van der Waals surface area (Å²) in [7, 11) is 0. The summed E-state index contributed by atoms with van der Waals surface area (Å²) < 4.78 is 7.79. The maximum absolute atomic E-state index is 6.08. The van der Waals surface area contributed by atoms with Crippen LogP contribution in [0.5, 0.6) is 0 Å². The van der Waals surface area contributed by atoms with Gasteiger partial charge in [-0.2, -0.15) is 0 Å². The first-order valence-electron chi connectivity index (χ1n) is 9.64. The lowest BCUT2D eigenvalue weighted by atomic mass is 10.2. The predicted octanol–water partition coefficient (Wildman–Crippen LogP) is 5.40. The molecule has 7 heteroatoms. The van der Waals surface area contributed by atoms with E-state index in [0.29, 0.717) is 0 Å². The molecule has 0 atom stereocenters. The van der Waals surface area contributed by atoms with Crippen molar-refractivity contribution in [2.75, 3.05) is 32.8 Å². The van der Waals surface area contributed by atoms with E-state index in [0.717, 1.165) is 61.3 Å². The van der Waals surface area contributed by atoms with E-state index in [1.807, 2.05) is 42.5 Å². The second-order valence-corrected chi connectivity index (χ2v) is 8.09. The lowest BCUT2D eigenvalue weighted by molar-refractivity contribution is 0.0369. The fourth-order valence-electron chi connectivity index (χ4n) is 3.38. The molecule has 4 nitrogen and oxygen atoms in total. The maximum atomic E-state index is 6.08. The molecule has 29 heavy (non-hydrogen) atoms. The molecule has 2 heterocycles. The number of aromatic nitrogens is 1. The van der Waals surface area contributed by atoms with Crippen molar-refractivity contribution >= 4 is 45.6 Å². The van der Waals surface area contributed by atoms with E-state index < -0.39 is 0 Å². The van der Waals surface area contributed by atoms with Gasteiger partial charge in [-0.15, -0.1) is 28.3 Å². The molecule has 1 aliphatic heterocycles. The van der Waals surface area contributed by atoms with Crippen molar-refractivity contribution in [3.8, 4) is 11.3 Å². The Morgan fingerprint density at radius 3 is 2.41 bits per heavy atom. The van der Waals surface area contributed by atoms with Gasteiger partial charge in [-0.1, -0.05) is 41.9 Å². The molecule has 0 N–H and O–H groups in total. The van der Waals surface area contributed by atoms with Crippen LogP contribution in [-0.2, 0) is 11.3 Å². The van der Waals surface area contributed by atoms with Crippen molar-refractivity contribution in [3.63, 3.8) is 0 Å². The first kappa shape index (κ1) is 22.2. The lowest BCUT2D eigenvalue weighted by Gasteiger charge is -2.26. The fourth-order valence-corrected chi connectivity index (χ4v) is 4.46. The van der Waals surface area contributed by atoms with Gasteiger partial charge in [0.15, 0.2) is 4.80 Å². The van der Waals surface area contributed by atoms with Crippen molar-refractivity contribution in [2.24, 2.45) is 4.99 Å². The normalized spacial score (nSPS) is 15.3. The number of ether oxygens (including phenoxy) is 1. The highest BCUT2D eigenvalue weighted by Gasteiger charge is 2.12. The van der Waals surface area contributed by atoms with Gasteiger partial charge in [-0.25, -0.2) is 4.99 Å². The minimum absolute atomic E-state index is 0. The number of benzene rings is 2. The first-order valence-corrected chi connectivity index (χ1v) is 10.9. The van der Waals surface area contributed by atoms with Gasteiger partial charge in [0.2, 0.25) is 0 Å². The third kappa shape index (κ3) is 6.03. The van der Waals surface area contributed by atoms with E-state index >= 15 is 0 Å². The fraction of sp³-hybridized carbons (Fsp3) is 0.318. The maximum Gasteiger partial charge on any atom is 0.190 e. The largest absolute Gasteiger partial charge is 0.379 e. The van der Waals surface area contributed by atoms with Gasteiger partial charge in [0.25, 0.3) is 0 Å². The van der Waals surface area contributed by atoms with Gasteiger partial charge in [-0.3, -0.25) is 4.90 Å². The Bertz CT molecular complexity index is 950. The molecule has 4 rings (SSSR count). The number of hydrogen-bond donors (Lipinski definition) is 0. The highest BCUT2D eigenvalue weighted by atomic mass is 79.9. The summed E-state index contributed by atoms with van der Waals surface area (Å²) in [5, 5.41) is 2.95. The molecule has 1 saturated heterocycles. The zero-order valence-corrected chi connectivity index (χ0v) is 19.5. The Morgan fingerprint density at radius 1 is 0.966 bits per heavy atom. The van der Waals surface area contributed by atoms with Crippen molar-refractivity contribution < 1.29 is 4.74 Å². The van der Waals surface area contributed by atoms with Crippen LogP contribution in [0.3, 0.4) is 0 Å². The molecule has 2 aromatic carbocycles. The van der Waals surface area contributed by atoms with Crippen LogP contribution in [0.1, 0.15) is 6.42 Å². The van der Waals surface area contributed by atoms with E-state index in [1.165, 1.54) is 11.3 Å². The first-order chi connectivity index (χ1) is 13.8. The summed E-state index contributed by atoms with van der Waals surface area (Å²) in [6.45, 7) is 5.76. The molecule has 0 radical (unpaired) electrons. The molecule has 0 unspecified atom stereocenters. The number of halogens is 2. The molecule has 3 aromatic rings. The molecule has 1 fully saturated rings. The van der Waals surface area contributed by atoms with Gasteiger partial charge in [0.05, 0.1) is 24.6 Å². The number of hydrogen-bond acceptors (Lipinski definition) is 4. The van der Waals surface area contributed by atoms with Crippen molar-refractivity contribution in [3.05, 3.63) is 69.8 Å². The van der Waals surface area contributed by atoms with Crippen LogP contribution in [0.2, 0.25) is 5.02 Å². The molecule has 0 saturated carbocycles. The number of thiazole rings is 1. The van der Waals surface area contributed by atoms with Crippen molar-refractivity contribution in [1.29, 1.82) is 0 Å². The van der Waals surface area contributed by atoms with Crippen LogP contribution in [0, 0.1) is 0 Å². The molecule has 154 valence electrons. The summed E-state index contributed by atoms with van der Waals surface area (Å²) in [6.07, 6.45) is 1.08. The second-order valence-electron chi connectivity index (χ2n) is 6.82. The third-order valence-corrected chi connectivity index (χ3v) is 5.99. The van der Waals surface area contributed by atoms with Gasteiger partial charge in [-0.05, 0) is 36.2 Å². The Balaban J connectivity index is 0.00000240. The minimum Gasteiger partial charge on any atom is -0.379 e. The minimum atomic E-state index is 0. The summed E-state index contributed by atoms with van der Waals surface area (Å²) >= 11 is 7.77. The molecule has 0 amide bonds. The number of rotatable bonds is 6. The van der Waals surface area contributed by atoms with Gasteiger partial charge >= 0.3 is 0 Å². The lowest BCUT2D eigenvalue weighted by Crippen LogP contribution is -2.37. The number of para-hydroxylation sites is 1. The summed E-state index contributed by atoms with van der Waals surface area (Å²) in [4.78, 5) is 8.40. The number of morpholine rings is 1. The molecule has 1 aromatic heterocycles. The SMILES string of the molecule is Br.Clc1ccc(-c2csc(=Nc3ccccc3)n2CCCN2CCOCC2)cc1. The average molecular weight is 495 g/mol. The van der Waals surface area contributed by atoms with Crippen LogP contribution >= 0.6 is 39.9 Å². The highest BCUT2D eigenvalue weighted by Crippen LogP contribution is 2.23. The van der Waals surface area contributed by atoms with Crippen LogP contribution < -0.4 is 4.80 Å². The van der Waals surface area contributed by atoms with Crippen LogP contribution in [-0.4, -0.2) is 42.3 Å². The van der Waals surface area contributed by atoms with Gasteiger partial charge < -0.3 is 9.30 Å². The van der Waals surface area contributed by atoms with Crippen molar-refractivity contribution in [1.82, 2.24) is 9.47 Å². The Kier molecular flexibility index (Phi) is 8.51. The topological polar surface area (TPSA) is 29.8 Å². The van der Waals surface area contributed by atoms with Gasteiger partial charge in [0.1, 0.15) is 0 Å². The van der Waals surface area contributed by atoms with E-state index in [2.05, 4.69) is 27.0 Å². The van der Waals surface area contributed by atoms with E-state index in [4.69, 9.17) is 21.3 Å². The van der Waals surface area contributed by atoms with Crippen molar-refractivity contribution in [2.45, 2.75) is 13.0 Å². The van der Waals surface area contributed by atoms with Crippen LogP contribution in [0.25, 0.3) is 11.3 Å². The summed E-state index contributed by atoms with van der Waals surface area (Å²) in [5.41, 5.74) is 3.34. The Hall–Kier alpha value is -1.44. The smallest absolute Gasteiger partial charge is 0.190 e. The zero-order valence-electron chi connectivity index (χ0n) is 16.2. The Morgan fingerprint density at radius 2 is 1.69 bits per heavy atom. The molecular weight excluding hydrogens is 470 g/mol. The molecular formula is C22H25BrClN3OS. The second kappa shape index (κ2) is 11.1. The number of nitrogens with zero attached hydrogens (tertiary/aromatic N) is 3. The summed E-state index contributed by atoms with van der Waals surface area (Å²) in [6, 6.07) is 18.2. The van der Waals surface area contributed by atoms with Crippen LogP contribution in [0.4, 0.5) is 5.69 Å². The Labute approximate surface area is 191 Å². The monoisotopic (exact) mass is 493 g/mol. The van der Waals surface area contributed by atoms with E-state index in [1.54, 1.807) is 11.3 Å². The zero-order chi connectivity index (χ0) is 19.2. The molecule has 0 bridgehead atoms. The summed E-state index contributed by atoms with van der Waals surface area (Å²) in [5.74, 6) is 0. The highest BCUT2D eigenvalue weighted by molar-refractivity contribution is 8.93. The average Bonchev–Trinajstić information content (AvgIpc) is 3.12. The standard InChI is InChI=1S/C22H24ClN3OS.BrH/c23-19-9-7-18(8-10-19)21-17-28-22(24-20-5-2-1-3-6-20)26(21)12-4-11-25-13-15-27-16-14-25;/h1-3,5-10,17H,4,11-16H2;1H. The third-order valence-electron chi connectivity index (χ3n) is 4.88. The van der Waals surface area contributed by atoms with Gasteiger partial charge in [0, 0.05) is 36.6 Å².